The van der Waals surface area contributed by atoms with Crippen LogP contribution in [0.25, 0.3) is 0 Å². The molecule has 0 aliphatic carbocycles. The second-order valence-electron chi connectivity index (χ2n) is 2.69. The molecule has 2 heterocycles. The first kappa shape index (κ1) is 6.54. The van der Waals surface area contributed by atoms with Crippen LogP contribution >= 0.6 is 0 Å². The third kappa shape index (κ3) is 0.952. The van der Waals surface area contributed by atoms with E-state index >= 15 is 0 Å². The molecule has 0 aromatic rings. The van der Waals surface area contributed by atoms with Crippen LogP contribution in [0.5, 0.6) is 0 Å². The van der Waals surface area contributed by atoms with E-state index in [-0.39, 0.29) is 0 Å². The molecule has 0 radical (unpaired) electrons. The van der Waals surface area contributed by atoms with Crippen molar-refractivity contribution in [1.29, 1.82) is 0 Å². The number of halogens is 1. The van der Waals surface area contributed by atoms with Crippen molar-refractivity contribution in [2.45, 2.75) is 6.92 Å². The van der Waals surface area contributed by atoms with E-state index in [9.17, 15) is 4.48 Å². The molecule has 2 aliphatic rings. The lowest BCUT2D eigenvalue weighted by Gasteiger charge is -2.21. The lowest BCUT2D eigenvalue weighted by atomic mass is 10.2. The number of hydrogen-bond donors (Lipinski definition) is 1. The van der Waals surface area contributed by atoms with Crippen molar-refractivity contribution < 1.29 is 9.38 Å². The fourth-order valence-electron chi connectivity index (χ4n) is 1.33. The summed E-state index contributed by atoms with van der Waals surface area (Å²) < 4.78 is 12.7. The van der Waals surface area contributed by atoms with Gasteiger partial charge in [0.25, 0.3) is 0 Å². The maximum absolute atomic E-state index is 12.7. The van der Waals surface area contributed by atoms with Crippen molar-refractivity contribution >= 4 is 5.84 Å². The Morgan fingerprint density at radius 3 is 3.36 bits per heavy atom. The predicted molar refractivity (Wildman–Crippen MR) is 39.1 cm³/mol. The van der Waals surface area contributed by atoms with Crippen molar-refractivity contribution in [1.82, 2.24) is 5.12 Å². The maximum Gasteiger partial charge on any atom is 0.236 e. The molecule has 2 rings (SSSR count). The van der Waals surface area contributed by atoms with Gasteiger partial charge in [-0.2, -0.15) is 10.1 Å². The monoisotopic (exact) mass is 154 g/mol. The van der Waals surface area contributed by atoms with Crippen LogP contribution in [0.3, 0.4) is 0 Å². The molecule has 3 nitrogen and oxygen atoms in total. The van der Waals surface area contributed by atoms with Gasteiger partial charge in [0.2, 0.25) is 5.84 Å². The molecule has 58 valence electrons. The first-order chi connectivity index (χ1) is 5.27. The Morgan fingerprint density at radius 1 is 1.73 bits per heavy atom. The number of hydrogen-bond acceptors (Lipinski definition) is 2. The maximum atomic E-state index is 12.7. The minimum atomic E-state index is 0.326. The molecule has 1 unspecified atom stereocenters. The molecule has 11 heavy (non-hydrogen) atoms. The minimum Gasteiger partial charge on any atom is -0.239 e. The largest absolute Gasteiger partial charge is 0.239 e. The van der Waals surface area contributed by atoms with Gasteiger partial charge < -0.3 is 0 Å². The highest BCUT2D eigenvalue weighted by Crippen LogP contribution is 2.04. The zero-order valence-electron chi connectivity index (χ0n) is 6.21. The number of amidine groups is 1. The summed E-state index contributed by atoms with van der Waals surface area (Å²) in [6.07, 6.45) is 5.02. The zero-order valence-corrected chi connectivity index (χ0v) is 6.21. The zero-order chi connectivity index (χ0) is 7.84. The van der Waals surface area contributed by atoms with Crippen molar-refractivity contribution in [3.63, 3.8) is 0 Å². The number of aliphatic imine (C=N–C) groups is 1. The average Bonchev–Trinajstić information content (AvgIpc) is 2.34. The highest BCUT2D eigenvalue weighted by Gasteiger charge is 2.27. The van der Waals surface area contributed by atoms with E-state index in [1.165, 1.54) is 6.20 Å². The van der Waals surface area contributed by atoms with Gasteiger partial charge in [0.05, 0.1) is 6.20 Å². The number of fused-ring (bicyclic) bond motifs is 1. The Bertz CT molecular complexity index is 267. The summed E-state index contributed by atoms with van der Waals surface area (Å²) in [6, 6.07) is 0. The van der Waals surface area contributed by atoms with Crippen molar-refractivity contribution in [2.75, 3.05) is 6.67 Å². The SMILES string of the molecule is CC1=CN(F)C[NH+]2C=CN=C12. The molecule has 0 saturated carbocycles. The molecule has 0 amide bonds. The van der Waals surface area contributed by atoms with Crippen LogP contribution in [0.1, 0.15) is 6.92 Å². The van der Waals surface area contributed by atoms with Crippen molar-refractivity contribution in [2.24, 2.45) is 4.99 Å². The topological polar surface area (TPSA) is 20.0 Å². The van der Waals surface area contributed by atoms with Crippen LogP contribution < -0.4 is 4.90 Å². The molecular formula is C7H9FN3+. The molecule has 1 atom stereocenters. The Hall–Kier alpha value is -1.16. The lowest BCUT2D eigenvalue weighted by Crippen LogP contribution is -3.11. The van der Waals surface area contributed by atoms with Crippen LogP contribution in [-0.4, -0.2) is 17.6 Å². The number of nitrogens with one attached hydrogen (secondary N) is 1. The summed E-state index contributed by atoms with van der Waals surface area (Å²) in [6.45, 7) is 2.18. The van der Waals surface area contributed by atoms with Gasteiger partial charge in [-0.3, -0.25) is 0 Å². The van der Waals surface area contributed by atoms with Gasteiger partial charge in [-0.15, -0.1) is 0 Å². The van der Waals surface area contributed by atoms with Gasteiger partial charge >= 0.3 is 0 Å². The molecule has 4 heteroatoms. The van der Waals surface area contributed by atoms with Gasteiger partial charge in [0.15, 0.2) is 6.67 Å². The number of rotatable bonds is 0. The fraction of sp³-hybridized carbons (Fsp3) is 0.286. The van der Waals surface area contributed by atoms with Crippen LogP contribution in [-0.2, 0) is 0 Å². The van der Waals surface area contributed by atoms with E-state index < -0.39 is 0 Å². The van der Waals surface area contributed by atoms with E-state index in [1.807, 2.05) is 13.1 Å². The molecule has 0 spiro atoms. The smallest absolute Gasteiger partial charge is 0.236 e. The molecule has 0 aromatic heterocycles. The van der Waals surface area contributed by atoms with E-state index in [0.717, 1.165) is 16.3 Å². The van der Waals surface area contributed by atoms with Gasteiger partial charge in [-0.25, -0.2) is 4.90 Å². The van der Waals surface area contributed by atoms with Crippen molar-refractivity contribution in [3.8, 4) is 0 Å². The highest BCUT2D eigenvalue weighted by atomic mass is 19.2. The lowest BCUT2D eigenvalue weighted by molar-refractivity contribution is -0.764. The van der Waals surface area contributed by atoms with Gasteiger partial charge in [-0.05, 0) is 6.92 Å². The number of quaternary nitrogens is 1. The van der Waals surface area contributed by atoms with Gasteiger partial charge in [0.1, 0.15) is 6.20 Å². The number of nitrogens with zero attached hydrogens (tertiary/aromatic N) is 2. The van der Waals surface area contributed by atoms with Crippen LogP contribution in [0.4, 0.5) is 4.48 Å². The standard InChI is InChI=1S/C7H8FN3/c1-6-4-11(8)5-10-3-2-9-7(6)10/h2-4H,5H2,1H3/p+1. The fourth-order valence-corrected chi connectivity index (χ4v) is 1.33. The Balaban J connectivity index is 2.34. The third-order valence-electron chi connectivity index (χ3n) is 1.81. The summed E-state index contributed by atoms with van der Waals surface area (Å²) in [7, 11) is 0. The van der Waals surface area contributed by atoms with Crippen molar-refractivity contribution in [3.05, 3.63) is 24.2 Å². The molecule has 2 aliphatic heterocycles. The average molecular weight is 154 g/mol. The van der Waals surface area contributed by atoms with E-state index in [1.54, 1.807) is 6.20 Å². The second kappa shape index (κ2) is 2.17. The highest BCUT2D eigenvalue weighted by molar-refractivity contribution is 5.92. The summed E-state index contributed by atoms with van der Waals surface area (Å²) in [5, 5.41) is 0.680. The predicted octanol–water partition coefficient (Wildman–Crippen LogP) is -0.184. The molecule has 0 fully saturated rings. The van der Waals surface area contributed by atoms with Gasteiger partial charge in [0, 0.05) is 11.8 Å². The van der Waals surface area contributed by atoms with E-state index in [0.29, 0.717) is 11.8 Å². The summed E-state index contributed by atoms with van der Waals surface area (Å²) in [4.78, 5) is 5.08. The van der Waals surface area contributed by atoms with Crippen LogP contribution in [0.2, 0.25) is 0 Å². The Kier molecular flexibility index (Phi) is 1.29. The molecule has 0 aromatic carbocycles. The first-order valence-electron chi connectivity index (χ1n) is 3.49. The third-order valence-corrected chi connectivity index (χ3v) is 1.81. The minimum absolute atomic E-state index is 0.326. The van der Waals surface area contributed by atoms with Crippen LogP contribution in [0, 0.1) is 0 Å². The summed E-state index contributed by atoms with van der Waals surface area (Å²) in [5.74, 6) is 0.930. The normalized spacial score (nSPS) is 28.2. The Morgan fingerprint density at radius 2 is 2.55 bits per heavy atom. The second-order valence-corrected chi connectivity index (χ2v) is 2.69. The summed E-state index contributed by atoms with van der Waals surface area (Å²) in [5.41, 5.74) is 0.888. The first-order valence-corrected chi connectivity index (χ1v) is 3.49. The van der Waals surface area contributed by atoms with Gasteiger partial charge in [-0.1, -0.05) is 4.48 Å². The quantitative estimate of drug-likeness (QED) is 0.480. The van der Waals surface area contributed by atoms with E-state index in [4.69, 9.17) is 0 Å². The van der Waals surface area contributed by atoms with E-state index in [2.05, 4.69) is 4.99 Å². The summed E-state index contributed by atoms with van der Waals surface area (Å²) >= 11 is 0. The Labute approximate surface area is 64.1 Å². The molecule has 0 saturated heterocycles. The van der Waals surface area contributed by atoms with Crippen LogP contribution in [0.15, 0.2) is 29.2 Å². The molecule has 1 N–H and O–H groups in total. The molecule has 0 bridgehead atoms. The molecular weight excluding hydrogens is 145 g/mol.